The lowest BCUT2D eigenvalue weighted by molar-refractivity contribution is -0.660. The molecule has 1 heterocycles. The van der Waals surface area contributed by atoms with E-state index in [1.54, 1.807) is 25.4 Å². The Hall–Kier alpha value is -1.91. The van der Waals surface area contributed by atoms with Crippen LogP contribution in [-0.2, 0) is 7.05 Å². The highest BCUT2D eigenvalue weighted by Crippen LogP contribution is 2.29. The van der Waals surface area contributed by atoms with Gasteiger partial charge in [-0.1, -0.05) is 0 Å². The van der Waals surface area contributed by atoms with E-state index >= 15 is 0 Å². The molecule has 0 fully saturated rings. The van der Waals surface area contributed by atoms with E-state index in [0.717, 1.165) is 0 Å². The van der Waals surface area contributed by atoms with Gasteiger partial charge in [-0.05, 0) is 13.0 Å². The molecule has 0 aliphatic heterocycles. The fourth-order valence-corrected chi connectivity index (χ4v) is 1.83. The Bertz CT molecular complexity index is 594. The van der Waals surface area contributed by atoms with Gasteiger partial charge in [0.2, 0.25) is 5.69 Å². The molecule has 18 heavy (non-hydrogen) atoms. The van der Waals surface area contributed by atoms with Crippen molar-refractivity contribution in [1.29, 1.82) is 0 Å². The molecule has 0 bridgehead atoms. The van der Waals surface area contributed by atoms with Crippen LogP contribution < -0.4 is 4.57 Å². The van der Waals surface area contributed by atoms with E-state index < -0.39 is 23.3 Å². The third kappa shape index (κ3) is 1.75. The standard InChI is InChI=1S/C13H10F4N/c1-7-9(8-5-3-4-6-18(8)2)11(15)13(17)12(16)10(7)14/h3-6H,1-2H3/q+1. The molecule has 0 atom stereocenters. The highest BCUT2D eigenvalue weighted by molar-refractivity contribution is 5.62. The summed E-state index contributed by atoms with van der Waals surface area (Å²) >= 11 is 0. The third-order valence-corrected chi connectivity index (χ3v) is 2.81. The van der Waals surface area contributed by atoms with Crippen LogP contribution in [0.4, 0.5) is 17.6 Å². The normalized spacial score (nSPS) is 10.8. The lowest BCUT2D eigenvalue weighted by Crippen LogP contribution is -2.30. The molecule has 0 aliphatic carbocycles. The number of pyridine rings is 1. The molecule has 0 aliphatic rings. The largest absolute Gasteiger partial charge is 0.215 e. The van der Waals surface area contributed by atoms with Crippen LogP contribution in [0.25, 0.3) is 11.3 Å². The number of rotatable bonds is 1. The van der Waals surface area contributed by atoms with Gasteiger partial charge in [-0.2, -0.15) is 0 Å². The topological polar surface area (TPSA) is 3.88 Å². The maximum absolute atomic E-state index is 13.8. The highest BCUT2D eigenvalue weighted by atomic mass is 19.2. The van der Waals surface area contributed by atoms with E-state index in [0.29, 0.717) is 0 Å². The maximum Gasteiger partial charge on any atom is 0.215 e. The van der Waals surface area contributed by atoms with Crippen LogP contribution in [0.15, 0.2) is 24.4 Å². The van der Waals surface area contributed by atoms with Gasteiger partial charge in [0, 0.05) is 17.7 Å². The average molecular weight is 256 g/mol. The Labute approximate surface area is 101 Å². The zero-order valence-corrected chi connectivity index (χ0v) is 9.77. The first-order valence-electron chi connectivity index (χ1n) is 5.22. The Kier molecular flexibility index (Phi) is 3.07. The van der Waals surface area contributed by atoms with Crippen LogP contribution in [0.1, 0.15) is 5.56 Å². The molecule has 0 amide bonds. The summed E-state index contributed by atoms with van der Waals surface area (Å²) < 4.78 is 55.0. The smallest absolute Gasteiger partial charge is 0.203 e. The second-order valence-electron chi connectivity index (χ2n) is 3.95. The van der Waals surface area contributed by atoms with Gasteiger partial charge in [0.1, 0.15) is 7.05 Å². The molecule has 1 aromatic heterocycles. The van der Waals surface area contributed by atoms with Crippen molar-refractivity contribution in [3.8, 4) is 11.3 Å². The number of hydrogen-bond donors (Lipinski definition) is 0. The first kappa shape index (κ1) is 12.5. The molecule has 1 nitrogen and oxygen atoms in total. The van der Waals surface area contributed by atoms with Gasteiger partial charge in [-0.15, -0.1) is 0 Å². The lowest BCUT2D eigenvalue weighted by atomic mass is 10.0. The molecular weight excluding hydrogens is 246 g/mol. The zero-order chi connectivity index (χ0) is 13.4. The summed E-state index contributed by atoms with van der Waals surface area (Å²) in [5.41, 5.74) is -0.256. The second-order valence-corrected chi connectivity index (χ2v) is 3.95. The fourth-order valence-electron chi connectivity index (χ4n) is 1.83. The van der Waals surface area contributed by atoms with Gasteiger partial charge in [0.05, 0.1) is 5.56 Å². The SMILES string of the molecule is Cc1c(F)c(F)c(F)c(F)c1-c1cccc[n+]1C. The van der Waals surface area contributed by atoms with Crippen molar-refractivity contribution >= 4 is 0 Å². The van der Waals surface area contributed by atoms with Gasteiger partial charge in [0.15, 0.2) is 29.5 Å². The van der Waals surface area contributed by atoms with Gasteiger partial charge in [0.25, 0.3) is 0 Å². The summed E-state index contributed by atoms with van der Waals surface area (Å²) in [4.78, 5) is 0. The Balaban J connectivity index is 2.85. The van der Waals surface area contributed by atoms with Gasteiger partial charge in [-0.3, -0.25) is 0 Å². The monoisotopic (exact) mass is 256 g/mol. The molecule has 1 aromatic carbocycles. The van der Waals surface area contributed by atoms with Crippen LogP contribution in [0, 0.1) is 30.2 Å². The summed E-state index contributed by atoms with van der Waals surface area (Å²) in [5.74, 6) is -6.33. The molecular formula is C13H10F4N+. The minimum Gasteiger partial charge on any atom is -0.203 e. The van der Waals surface area contributed by atoms with E-state index in [9.17, 15) is 17.6 Å². The van der Waals surface area contributed by atoms with Gasteiger partial charge >= 0.3 is 0 Å². The van der Waals surface area contributed by atoms with E-state index in [1.807, 2.05) is 0 Å². The second kappa shape index (κ2) is 4.40. The lowest BCUT2D eigenvalue weighted by Gasteiger charge is -2.08. The Morgan fingerprint density at radius 1 is 0.889 bits per heavy atom. The van der Waals surface area contributed by atoms with E-state index in [2.05, 4.69) is 0 Å². The first-order chi connectivity index (χ1) is 8.45. The summed E-state index contributed by atoms with van der Waals surface area (Å²) in [6.45, 7) is 1.21. The molecule has 0 radical (unpaired) electrons. The quantitative estimate of drug-likeness (QED) is 0.319. The van der Waals surface area contributed by atoms with Crippen LogP contribution in [0.5, 0.6) is 0 Å². The molecule has 0 saturated carbocycles. The molecule has 5 heteroatoms. The summed E-state index contributed by atoms with van der Waals surface area (Å²) in [6.07, 6.45) is 1.60. The minimum absolute atomic E-state index is 0.256. The van der Waals surface area contributed by atoms with E-state index in [1.165, 1.54) is 17.6 Å². The van der Waals surface area contributed by atoms with Crippen LogP contribution in [0.2, 0.25) is 0 Å². The first-order valence-corrected chi connectivity index (χ1v) is 5.22. The third-order valence-electron chi connectivity index (χ3n) is 2.81. The van der Waals surface area contributed by atoms with Crippen molar-refractivity contribution in [2.24, 2.45) is 7.05 Å². The van der Waals surface area contributed by atoms with E-state index in [4.69, 9.17) is 0 Å². The molecule has 2 aromatic rings. The molecule has 0 unspecified atom stereocenters. The summed E-state index contributed by atoms with van der Waals surface area (Å²) in [7, 11) is 1.60. The van der Waals surface area contributed by atoms with Crippen LogP contribution >= 0.6 is 0 Å². The molecule has 0 N–H and O–H groups in total. The van der Waals surface area contributed by atoms with Crippen molar-refractivity contribution in [3.05, 3.63) is 53.2 Å². The number of nitrogens with zero attached hydrogens (tertiary/aromatic N) is 1. The molecule has 0 saturated heterocycles. The van der Waals surface area contributed by atoms with Crippen molar-refractivity contribution in [2.75, 3.05) is 0 Å². The minimum atomic E-state index is -1.79. The molecule has 2 rings (SSSR count). The Morgan fingerprint density at radius 3 is 2.11 bits per heavy atom. The maximum atomic E-state index is 13.8. The van der Waals surface area contributed by atoms with Gasteiger partial charge < -0.3 is 0 Å². The molecule has 0 spiro atoms. The fraction of sp³-hybridized carbons (Fsp3) is 0.154. The number of aromatic nitrogens is 1. The van der Waals surface area contributed by atoms with Crippen molar-refractivity contribution in [2.45, 2.75) is 6.92 Å². The number of aryl methyl sites for hydroxylation is 1. The Morgan fingerprint density at radius 2 is 1.50 bits per heavy atom. The van der Waals surface area contributed by atoms with Crippen molar-refractivity contribution < 1.29 is 22.1 Å². The van der Waals surface area contributed by atoms with Crippen molar-refractivity contribution in [1.82, 2.24) is 0 Å². The van der Waals surface area contributed by atoms with E-state index in [-0.39, 0.29) is 16.8 Å². The zero-order valence-electron chi connectivity index (χ0n) is 9.77. The number of hydrogen-bond acceptors (Lipinski definition) is 0. The summed E-state index contributed by atoms with van der Waals surface area (Å²) in [6, 6.07) is 4.79. The predicted molar refractivity (Wildman–Crippen MR) is 57.6 cm³/mol. The molecule has 94 valence electrons. The van der Waals surface area contributed by atoms with Crippen LogP contribution in [0.3, 0.4) is 0 Å². The number of benzene rings is 1. The van der Waals surface area contributed by atoms with Crippen molar-refractivity contribution in [3.63, 3.8) is 0 Å². The number of halogens is 4. The summed E-state index contributed by atoms with van der Waals surface area (Å²) in [5, 5.41) is 0. The predicted octanol–water partition coefficient (Wildman–Crippen LogP) is 3.04. The average Bonchev–Trinajstić information content (AvgIpc) is 2.36. The van der Waals surface area contributed by atoms with Gasteiger partial charge in [-0.25, -0.2) is 22.1 Å². The van der Waals surface area contributed by atoms with Crippen LogP contribution in [-0.4, -0.2) is 0 Å². The highest BCUT2D eigenvalue weighted by Gasteiger charge is 2.27.